The Kier molecular flexibility index (Phi) is 5.37. The Morgan fingerprint density at radius 1 is 1.17 bits per heavy atom. The first-order valence-electron chi connectivity index (χ1n) is 7.96. The molecule has 2 aromatic rings. The van der Waals surface area contributed by atoms with Gasteiger partial charge in [-0.1, -0.05) is 32.0 Å². The van der Waals surface area contributed by atoms with Gasteiger partial charge in [0.25, 0.3) is 5.91 Å². The molecule has 0 unspecified atom stereocenters. The second-order valence-electron chi connectivity index (χ2n) is 5.54. The van der Waals surface area contributed by atoms with Crippen LogP contribution in [0, 0.1) is 13.8 Å². The highest BCUT2D eigenvalue weighted by atomic mass is 16.5. The van der Waals surface area contributed by atoms with Crippen molar-refractivity contribution >= 4 is 11.6 Å². The number of hydrogen-bond donors (Lipinski definition) is 1. The van der Waals surface area contributed by atoms with Crippen molar-refractivity contribution in [3.05, 3.63) is 52.3 Å². The fraction of sp³-hybridized carbons (Fsp3) is 0.368. The molecule has 1 aromatic carbocycles. The number of aromatic nitrogens is 1. The van der Waals surface area contributed by atoms with Crippen LogP contribution in [0.25, 0.3) is 0 Å². The fourth-order valence-corrected chi connectivity index (χ4v) is 2.81. The molecule has 1 N–H and O–H groups in total. The number of methoxy groups -OCH3 is 1. The Morgan fingerprint density at radius 3 is 2.30 bits per heavy atom. The summed E-state index contributed by atoms with van der Waals surface area (Å²) in [5.41, 5.74) is 5.17. The first-order chi connectivity index (χ1) is 11.0. The van der Waals surface area contributed by atoms with E-state index in [2.05, 4.69) is 24.1 Å². The molecular formula is C19H24N2O2. The van der Waals surface area contributed by atoms with E-state index >= 15 is 0 Å². The molecule has 122 valence electrons. The molecule has 4 nitrogen and oxygen atoms in total. The summed E-state index contributed by atoms with van der Waals surface area (Å²) < 4.78 is 5.38. The maximum atomic E-state index is 12.8. The van der Waals surface area contributed by atoms with Crippen LogP contribution >= 0.6 is 0 Å². The Labute approximate surface area is 137 Å². The number of anilines is 1. The number of pyridine rings is 1. The first kappa shape index (κ1) is 17.0. The number of ether oxygens (including phenoxy) is 1. The van der Waals surface area contributed by atoms with Gasteiger partial charge in [-0.2, -0.15) is 0 Å². The number of rotatable bonds is 5. The van der Waals surface area contributed by atoms with Crippen LogP contribution in [0.15, 0.2) is 24.3 Å². The summed E-state index contributed by atoms with van der Waals surface area (Å²) in [6, 6.07) is 7.92. The van der Waals surface area contributed by atoms with Gasteiger partial charge in [-0.05, 0) is 37.8 Å². The van der Waals surface area contributed by atoms with Gasteiger partial charge in [0.1, 0.15) is 11.3 Å². The molecular weight excluding hydrogens is 288 g/mol. The van der Waals surface area contributed by atoms with E-state index in [1.54, 1.807) is 13.2 Å². The Hall–Kier alpha value is -2.36. The highest BCUT2D eigenvalue weighted by Crippen LogP contribution is 2.27. The van der Waals surface area contributed by atoms with E-state index in [1.165, 1.54) is 0 Å². The van der Waals surface area contributed by atoms with Crippen LogP contribution in [-0.2, 0) is 12.8 Å². The monoisotopic (exact) mass is 312 g/mol. The molecule has 0 atom stereocenters. The van der Waals surface area contributed by atoms with Gasteiger partial charge < -0.3 is 10.1 Å². The normalized spacial score (nSPS) is 10.5. The standard InChI is InChI=1S/C19H24N2O2/c1-6-14-9-8-10-15(7-2)18(14)21-19(22)17-13(4)20-12(3)11-16(17)23-5/h8-11H,6-7H2,1-5H3,(H,21,22). The zero-order valence-electron chi connectivity index (χ0n) is 14.5. The van der Waals surface area contributed by atoms with Gasteiger partial charge in [0.05, 0.1) is 12.8 Å². The molecule has 0 fully saturated rings. The number of hydrogen-bond acceptors (Lipinski definition) is 3. The van der Waals surface area contributed by atoms with Gasteiger partial charge in [-0.25, -0.2) is 0 Å². The summed E-state index contributed by atoms with van der Waals surface area (Å²) in [7, 11) is 1.57. The predicted octanol–water partition coefficient (Wildman–Crippen LogP) is 4.08. The van der Waals surface area contributed by atoms with E-state index in [4.69, 9.17) is 4.74 Å². The third-order valence-electron chi connectivity index (χ3n) is 3.98. The van der Waals surface area contributed by atoms with Crippen molar-refractivity contribution in [2.75, 3.05) is 12.4 Å². The Balaban J connectivity index is 2.45. The minimum Gasteiger partial charge on any atom is -0.496 e. The molecule has 23 heavy (non-hydrogen) atoms. The van der Waals surface area contributed by atoms with Crippen LogP contribution in [0.5, 0.6) is 5.75 Å². The lowest BCUT2D eigenvalue weighted by Gasteiger charge is -2.16. The largest absolute Gasteiger partial charge is 0.496 e. The molecule has 4 heteroatoms. The van der Waals surface area contributed by atoms with Crippen LogP contribution in [0.3, 0.4) is 0 Å². The van der Waals surface area contributed by atoms with Crippen molar-refractivity contribution in [2.24, 2.45) is 0 Å². The molecule has 0 aliphatic carbocycles. The van der Waals surface area contributed by atoms with Crippen molar-refractivity contribution in [3.8, 4) is 5.75 Å². The minimum absolute atomic E-state index is 0.178. The summed E-state index contributed by atoms with van der Waals surface area (Å²) in [5.74, 6) is 0.377. The van der Waals surface area contributed by atoms with Crippen molar-refractivity contribution in [1.29, 1.82) is 0 Å². The molecule has 0 spiro atoms. The van der Waals surface area contributed by atoms with E-state index in [-0.39, 0.29) is 5.91 Å². The number of para-hydroxylation sites is 1. The number of carbonyl (C=O) groups is 1. The number of benzene rings is 1. The lowest BCUT2D eigenvalue weighted by molar-refractivity contribution is 0.102. The van der Waals surface area contributed by atoms with Crippen LogP contribution in [-0.4, -0.2) is 18.0 Å². The predicted molar refractivity (Wildman–Crippen MR) is 93.4 cm³/mol. The topological polar surface area (TPSA) is 51.2 Å². The van der Waals surface area contributed by atoms with Gasteiger partial charge in [0.15, 0.2) is 0 Å². The number of carbonyl (C=O) groups excluding carboxylic acids is 1. The SMILES string of the molecule is CCc1cccc(CC)c1NC(=O)c1c(OC)cc(C)nc1C. The average molecular weight is 312 g/mol. The summed E-state index contributed by atoms with van der Waals surface area (Å²) in [6.45, 7) is 7.89. The van der Waals surface area contributed by atoms with Gasteiger partial charge >= 0.3 is 0 Å². The second-order valence-corrected chi connectivity index (χ2v) is 5.54. The highest BCUT2D eigenvalue weighted by molar-refractivity contribution is 6.07. The van der Waals surface area contributed by atoms with Crippen molar-refractivity contribution in [3.63, 3.8) is 0 Å². The maximum absolute atomic E-state index is 12.8. The van der Waals surface area contributed by atoms with Gasteiger partial charge in [0, 0.05) is 17.4 Å². The zero-order chi connectivity index (χ0) is 17.0. The zero-order valence-corrected chi connectivity index (χ0v) is 14.5. The van der Waals surface area contributed by atoms with Crippen LogP contribution in [0.2, 0.25) is 0 Å². The van der Waals surface area contributed by atoms with E-state index in [0.29, 0.717) is 17.0 Å². The number of nitrogens with zero attached hydrogens (tertiary/aromatic N) is 1. The van der Waals surface area contributed by atoms with E-state index in [0.717, 1.165) is 35.3 Å². The van der Waals surface area contributed by atoms with Crippen molar-refractivity contribution in [2.45, 2.75) is 40.5 Å². The van der Waals surface area contributed by atoms with Crippen LogP contribution in [0.1, 0.15) is 46.7 Å². The van der Waals surface area contributed by atoms with Crippen LogP contribution in [0.4, 0.5) is 5.69 Å². The molecule has 1 aromatic heterocycles. The molecule has 1 amide bonds. The quantitative estimate of drug-likeness (QED) is 0.905. The van der Waals surface area contributed by atoms with E-state index in [1.807, 2.05) is 32.0 Å². The number of amides is 1. The molecule has 0 radical (unpaired) electrons. The maximum Gasteiger partial charge on any atom is 0.261 e. The minimum atomic E-state index is -0.178. The molecule has 0 saturated heterocycles. The molecule has 0 aliphatic heterocycles. The van der Waals surface area contributed by atoms with E-state index < -0.39 is 0 Å². The Morgan fingerprint density at radius 2 is 1.78 bits per heavy atom. The number of nitrogens with one attached hydrogen (secondary N) is 1. The Bertz CT molecular complexity index is 701. The van der Waals surface area contributed by atoms with Gasteiger partial charge in [-0.15, -0.1) is 0 Å². The van der Waals surface area contributed by atoms with Gasteiger partial charge in [-0.3, -0.25) is 9.78 Å². The number of aryl methyl sites for hydroxylation is 4. The second kappa shape index (κ2) is 7.27. The third kappa shape index (κ3) is 3.52. The summed E-state index contributed by atoms with van der Waals surface area (Å²) >= 11 is 0. The van der Waals surface area contributed by atoms with Crippen LogP contribution < -0.4 is 10.1 Å². The van der Waals surface area contributed by atoms with Crippen molar-refractivity contribution < 1.29 is 9.53 Å². The fourth-order valence-electron chi connectivity index (χ4n) is 2.81. The molecule has 0 saturated carbocycles. The molecule has 1 heterocycles. The van der Waals surface area contributed by atoms with Crippen molar-refractivity contribution in [1.82, 2.24) is 4.98 Å². The first-order valence-corrected chi connectivity index (χ1v) is 7.96. The average Bonchev–Trinajstić information content (AvgIpc) is 2.53. The lowest BCUT2D eigenvalue weighted by Crippen LogP contribution is -2.18. The summed E-state index contributed by atoms with van der Waals surface area (Å²) in [6.07, 6.45) is 1.73. The smallest absolute Gasteiger partial charge is 0.261 e. The molecule has 0 aliphatic rings. The molecule has 2 rings (SSSR count). The summed E-state index contributed by atoms with van der Waals surface area (Å²) in [5, 5.41) is 3.07. The van der Waals surface area contributed by atoms with E-state index in [9.17, 15) is 4.79 Å². The van der Waals surface area contributed by atoms with Gasteiger partial charge in [0.2, 0.25) is 0 Å². The molecule has 0 bridgehead atoms. The lowest BCUT2D eigenvalue weighted by atomic mass is 10.0. The third-order valence-corrected chi connectivity index (χ3v) is 3.98. The summed E-state index contributed by atoms with van der Waals surface area (Å²) in [4.78, 5) is 17.2. The highest BCUT2D eigenvalue weighted by Gasteiger charge is 2.19.